The van der Waals surface area contributed by atoms with Gasteiger partial charge in [-0.3, -0.25) is 13.7 Å². The second kappa shape index (κ2) is 17.8. The Balaban J connectivity index is 0.000000181. The highest BCUT2D eigenvalue weighted by Crippen LogP contribution is 2.29. The van der Waals surface area contributed by atoms with E-state index in [1.807, 2.05) is 0 Å². The topological polar surface area (TPSA) is 263 Å². The minimum absolute atomic E-state index is 0.0104. The number of nitrogens with zero attached hydrogens (tertiary/aromatic N) is 6. The first-order valence-corrected chi connectivity index (χ1v) is 16.5. The normalized spacial score (nSPS) is 34.4. The van der Waals surface area contributed by atoms with Crippen molar-refractivity contribution in [1.29, 1.82) is 0 Å². The average molecular weight is 740 g/mol. The van der Waals surface area contributed by atoms with Crippen LogP contribution < -0.4 is 17.1 Å². The molecule has 52 heavy (non-hydrogen) atoms. The Labute approximate surface area is 301 Å². The van der Waals surface area contributed by atoms with E-state index in [9.17, 15) is 45.0 Å². The molecule has 6 heterocycles. The van der Waals surface area contributed by atoms with Crippen molar-refractivity contribution in [2.24, 2.45) is 11.8 Å². The molecule has 13 atom stereocenters. The van der Waals surface area contributed by atoms with Gasteiger partial charge in [-0.2, -0.15) is 15.0 Å². The Kier molecular flexibility index (Phi) is 13.0. The van der Waals surface area contributed by atoms with Gasteiger partial charge in [-0.15, -0.1) is 0 Å². The zero-order valence-corrected chi connectivity index (χ0v) is 29.3. The van der Waals surface area contributed by atoms with Crippen molar-refractivity contribution in [2.75, 3.05) is 26.9 Å². The standard InChI is InChI=1S/C12H18N2O4.C11H16N2O4.C10H14N2O5/c1-7-4-5-14(12(16)13-7)11-10(15)8(2)9(17-3)6-18-11;1-6-3-4-13(11(16)12-6)10-7(2)9(15)8(14)5-17-10;1-5-2-3-12(10(16)11-5)9-8(15)7(14)6(13)4-17-9/h4-5,8-11,15H,6H2,1-3H3;3-4,7-10,14-15H,5H2,1-2H3;2-3,6-9,13-15H,4H2,1H3/i3TD;;. The van der Waals surface area contributed by atoms with Crippen molar-refractivity contribution >= 4 is 0 Å². The minimum atomic E-state index is -1.43. The van der Waals surface area contributed by atoms with Gasteiger partial charge in [0.2, 0.25) is 0 Å². The van der Waals surface area contributed by atoms with Gasteiger partial charge in [-0.1, -0.05) is 13.8 Å². The lowest BCUT2D eigenvalue weighted by atomic mass is 9.94. The summed E-state index contributed by atoms with van der Waals surface area (Å²) in [5, 5.41) is 58.0. The zero-order valence-electron chi connectivity index (χ0n) is 31.3. The number of aliphatic hydroxyl groups is 6. The molecule has 288 valence electrons. The molecular weight excluding hydrogens is 688 g/mol. The monoisotopic (exact) mass is 739 g/mol. The first kappa shape index (κ1) is 38.0. The van der Waals surface area contributed by atoms with E-state index < -0.39 is 85.5 Å². The van der Waals surface area contributed by atoms with E-state index >= 15 is 0 Å². The van der Waals surface area contributed by atoms with Gasteiger partial charge in [-0.05, 0) is 39.0 Å². The quantitative estimate of drug-likeness (QED) is 0.164. The highest BCUT2D eigenvalue weighted by molar-refractivity contribution is 5.00. The van der Waals surface area contributed by atoms with Gasteiger partial charge in [0.15, 0.2) is 12.5 Å². The second-order valence-electron chi connectivity index (χ2n) is 12.9. The first-order valence-electron chi connectivity index (χ1n) is 17.7. The van der Waals surface area contributed by atoms with Crippen LogP contribution in [-0.4, -0.2) is 129 Å². The van der Waals surface area contributed by atoms with E-state index in [4.69, 9.17) is 21.7 Å². The molecule has 6 N–H and O–H groups in total. The van der Waals surface area contributed by atoms with Crippen molar-refractivity contribution < 1.29 is 52.3 Å². The van der Waals surface area contributed by atoms with Crippen LogP contribution in [0.25, 0.3) is 0 Å². The van der Waals surface area contributed by atoms with Gasteiger partial charge in [-0.25, -0.2) is 14.4 Å². The molecule has 19 nitrogen and oxygen atoms in total. The second-order valence-corrected chi connectivity index (χ2v) is 12.9. The first-order chi connectivity index (χ1) is 25.4. The summed E-state index contributed by atoms with van der Waals surface area (Å²) in [4.78, 5) is 46.4. The maximum absolute atomic E-state index is 11.8. The van der Waals surface area contributed by atoms with Crippen molar-refractivity contribution in [3.63, 3.8) is 0 Å². The third kappa shape index (κ3) is 9.42. The SMILES string of the molecule is Cc1ccn(C2OCC(O)C(O)C2C)c(=O)n1.Cc1ccn(C2OCC(O)C(O)C2O)c(=O)n1.[2H]C([3H])OC1COC(n2ccc(C)nc2=O)C(O)C1C. The van der Waals surface area contributed by atoms with Crippen LogP contribution in [0.3, 0.4) is 0 Å². The van der Waals surface area contributed by atoms with Gasteiger partial charge in [0.1, 0.15) is 36.7 Å². The van der Waals surface area contributed by atoms with E-state index in [0.717, 1.165) is 4.57 Å². The van der Waals surface area contributed by atoms with Crippen LogP contribution in [0, 0.1) is 32.6 Å². The molecule has 3 saturated heterocycles. The van der Waals surface area contributed by atoms with Crippen molar-refractivity contribution in [1.82, 2.24) is 28.7 Å². The lowest BCUT2D eigenvalue weighted by Crippen LogP contribution is -2.52. The largest absolute Gasteiger partial charge is 0.390 e. The van der Waals surface area contributed by atoms with Crippen LogP contribution >= 0.6 is 0 Å². The smallest absolute Gasteiger partial charge is 0.349 e. The van der Waals surface area contributed by atoms with E-state index in [0.29, 0.717) is 17.1 Å². The predicted molar refractivity (Wildman–Crippen MR) is 180 cm³/mol. The van der Waals surface area contributed by atoms with E-state index in [1.54, 1.807) is 59.0 Å². The number of aromatic nitrogens is 6. The van der Waals surface area contributed by atoms with Gasteiger partial charge in [0.05, 0.1) is 34.8 Å². The van der Waals surface area contributed by atoms with Crippen LogP contribution in [-0.2, 0) is 18.9 Å². The molecule has 19 heteroatoms. The molecule has 3 aromatic rings. The van der Waals surface area contributed by atoms with E-state index in [-0.39, 0.29) is 31.7 Å². The van der Waals surface area contributed by atoms with Crippen molar-refractivity contribution in [2.45, 2.75) is 96.0 Å². The van der Waals surface area contributed by atoms with Gasteiger partial charge >= 0.3 is 17.1 Å². The van der Waals surface area contributed by atoms with E-state index in [1.165, 1.54) is 21.5 Å². The molecule has 3 aromatic heterocycles. The summed E-state index contributed by atoms with van der Waals surface area (Å²) in [6, 6.07) is 4.96. The van der Waals surface area contributed by atoms with Gasteiger partial charge in [0, 0.05) is 54.6 Å². The number of ether oxygens (including phenoxy) is 4. The molecule has 6 rings (SSSR count). The molecule has 0 saturated carbocycles. The third-order valence-corrected chi connectivity index (χ3v) is 9.05. The van der Waals surface area contributed by atoms with Crippen LogP contribution in [0.1, 0.15) is 52.4 Å². The van der Waals surface area contributed by atoms with Crippen LogP contribution in [0.15, 0.2) is 51.2 Å². The highest BCUT2D eigenvalue weighted by Gasteiger charge is 2.40. The molecule has 13 unspecified atom stereocenters. The van der Waals surface area contributed by atoms with Crippen LogP contribution in [0.4, 0.5) is 0 Å². The number of aryl methyl sites for hydroxylation is 3. The average Bonchev–Trinajstić information content (AvgIpc) is 3.10. The van der Waals surface area contributed by atoms with Crippen LogP contribution in [0.5, 0.6) is 0 Å². The summed E-state index contributed by atoms with van der Waals surface area (Å²) < 4.78 is 38.9. The Hall–Kier alpha value is -3.76. The van der Waals surface area contributed by atoms with Crippen molar-refractivity contribution in [3.05, 3.63) is 85.3 Å². The fourth-order valence-electron chi connectivity index (χ4n) is 5.74. The molecule has 0 amide bonds. The molecule has 0 spiro atoms. The summed E-state index contributed by atoms with van der Waals surface area (Å²) in [5.41, 5.74) is 0.312. The summed E-state index contributed by atoms with van der Waals surface area (Å²) >= 11 is 0. The Morgan fingerprint density at radius 2 is 1.06 bits per heavy atom. The van der Waals surface area contributed by atoms with Crippen LogP contribution in [0.2, 0.25) is 0 Å². The number of hydrogen-bond acceptors (Lipinski definition) is 16. The fourth-order valence-corrected chi connectivity index (χ4v) is 5.74. The molecule has 3 fully saturated rings. The molecule has 3 aliphatic heterocycles. The molecule has 0 bridgehead atoms. The number of methoxy groups -OCH3 is 1. The summed E-state index contributed by atoms with van der Waals surface area (Å²) in [7, 11) is -1.43. The fraction of sp³-hybridized carbons (Fsp3) is 0.636. The Morgan fingerprint density at radius 1 is 0.654 bits per heavy atom. The lowest BCUT2D eigenvalue weighted by molar-refractivity contribution is -0.212. The van der Waals surface area contributed by atoms with Gasteiger partial charge in [0.25, 0.3) is 0 Å². The Morgan fingerprint density at radius 3 is 1.52 bits per heavy atom. The summed E-state index contributed by atoms with van der Waals surface area (Å²) in [6.07, 6.45) is -5.10. The molecule has 3 aliphatic rings. The number of hydrogen-bond donors (Lipinski definition) is 6. The number of rotatable bonds is 4. The van der Waals surface area contributed by atoms with Gasteiger partial charge < -0.3 is 49.6 Å². The molecular formula is C33H48N6O13. The molecule has 0 aliphatic carbocycles. The lowest BCUT2D eigenvalue weighted by Gasteiger charge is -2.38. The third-order valence-electron chi connectivity index (χ3n) is 9.05. The van der Waals surface area contributed by atoms with E-state index in [2.05, 4.69) is 15.0 Å². The molecule has 0 radical (unpaired) electrons. The maximum Gasteiger partial charge on any atom is 0.349 e. The zero-order chi connectivity index (χ0) is 40.0. The minimum Gasteiger partial charge on any atom is -0.390 e. The number of aliphatic hydroxyl groups excluding tert-OH is 6. The summed E-state index contributed by atoms with van der Waals surface area (Å²) in [5.74, 6) is -0.735. The summed E-state index contributed by atoms with van der Waals surface area (Å²) in [6.45, 7) is 8.54. The van der Waals surface area contributed by atoms with Crippen molar-refractivity contribution in [3.8, 4) is 0 Å². The molecule has 0 aromatic carbocycles. The highest BCUT2D eigenvalue weighted by atomic mass is 16.6. The maximum atomic E-state index is 11.8. The Bertz CT molecular complexity index is 1780. The predicted octanol–water partition coefficient (Wildman–Crippen LogP) is -2.31.